The molecule has 13 heavy (non-hydrogen) atoms. The van der Waals surface area contributed by atoms with E-state index in [4.69, 9.17) is 11.6 Å². The van der Waals surface area contributed by atoms with Gasteiger partial charge in [-0.3, -0.25) is 4.98 Å². The smallest absolute Gasteiger partial charge is 0.0413 e. The summed E-state index contributed by atoms with van der Waals surface area (Å²) in [6.45, 7) is 4.16. The Morgan fingerprint density at radius 1 is 1.46 bits per heavy atom. The molecule has 0 saturated heterocycles. The summed E-state index contributed by atoms with van der Waals surface area (Å²) >= 11 is 9.32. The SMILES string of the molecule is CC(Cl)C(C)Cc1ccc(Br)cn1. The van der Waals surface area contributed by atoms with Gasteiger partial charge in [-0.2, -0.15) is 0 Å². The molecule has 2 unspecified atom stereocenters. The average Bonchev–Trinajstić information content (AvgIpc) is 2.08. The van der Waals surface area contributed by atoms with Gasteiger partial charge in [0, 0.05) is 21.7 Å². The minimum atomic E-state index is 0.199. The number of halogens is 2. The summed E-state index contributed by atoms with van der Waals surface area (Å²) < 4.78 is 1.02. The van der Waals surface area contributed by atoms with E-state index in [1.165, 1.54) is 0 Å². The summed E-state index contributed by atoms with van der Waals surface area (Å²) in [6, 6.07) is 4.04. The molecule has 0 aliphatic heterocycles. The molecule has 0 radical (unpaired) electrons. The van der Waals surface area contributed by atoms with Gasteiger partial charge < -0.3 is 0 Å². The maximum Gasteiger partial charge on any atom is 0.0413 e. The molecule has 1 nitrogen and oxygen atoms in total. The van der Waals surface area contributed by atoms with Crippen LogP contribution in [-0.2, 0) is 6.42 Å². The largest absolute Gasteiger partial charge is 0.260 e. The Kier molecular flexibility index (Phi) is 4.20. The number of alkyl halides is 1. The van der Waals surface area contributed by atoms with Crippen LogP contribution in [0.15, 0.2) is 22.8 Å². The Bertz CT molecular complexity index is 258. The Balaban J connectivity index is 2.59. The molecule has 3 heteroatoms. The van der Waals surface area contributed by atoms with Crippen molar-refractivity contribution in [1.29, 1.82) is 0 Å². The Morgan fingerprint density at radius 3 is 2.62 bits per heavy atom. The Labute approximate surface area is 92.6 Å². The highest BCUT2D eigenvalue weighted by Crippen LogP contribution is 2.16. The first-order valence-corrected chi connectivity index (χ1v) is 5.57. The monoisotopic (exact) mass is 261 g/mol. The molecule has 0 amide bonds. The zero-order chi connectivity index (χ0) is 9.84. The molecule has 0 N–H and O–H groups in total. The Morgan fingerprint density at radius 2 is 2.15 bits per heavy atom. The van der Waals surface area contributed by atoms with Gasteiger partial charge in [0.2, 0.25) is 0 Å². The molecule has 1 aromatic rings. The van der Waals surface area contributed by atoms with Crippen LogP contribution in [0.1, 0.15) is 19.5 Å². The van der Waals surface area contributed by atoms with Gasteiger partial charge in [-0.25, -0.2) is 0 Å². The molecular weight excluding hydrogens is 249 g/mol. The third kappa shape index (κ3) is 3.65. The van der Waals surface area contributed by atoms with Gasteiger partial charge in [-0.15, -0.1) is 11.6 Å². The topological polar surface area (TPSA) is 12.9 Å². The number of nitrogens with zero attached hydrogens (tertiary/aromatic N) is 1. The average molecular weight is 263 g/mol. The molecule has 1 aromatic heterocycles. The molecule has 1 heterocycles. The van der Waals surface area contributed by atoms with E-state index in [2.05, 4.69) is 27.8 Å². The molecule has 0 saturated carbocycles. The minimum Gasteiger partial charge on any atom is -0.260 e. The van der Waals surface area contributed by atoms with Gasteiger partial charge in [0.1, 0.15) is 0 Å². The molecule has 72 valence electrons. The summed E-state index contributed by atoms with van der Waals surface area (Å²) in [4.78, 5) is 4.30. The van der Waals surface area contributed by atoms with Gasteiger partial charge in [0.25, 0.3) is 0 Å². The Hall–Kier alpha value is -0.0800. The van der Waals surface area contributed by atoms with E-state index < -0.39 is 0 Å². The van der Waals surface area contributed by atoms with Gasteiger partial charge in [0.15, 0.2) is 0 Å². The van der Waals surface area contributed by atoms with Crippen molar-refractivity contribution in [3.8, 4) is 0 Å². The van der Waals surface area contributed by atoms with Crippen LogP contribution in [0.25, 0.3) is 0 Å². The molecular formula is C10H13BrClN. The quantitative estimate of drug-likeness (QED) is 0.758. The lowest BCUT2D eigenvalue weighted by Crippen LogP contribution is -2.10. The predicted octanol–water partition coefficient (Wildman–Crippen LogP) is 3.65. The fourth-order valence-corrected chi connectivity index (χ4v) is 1.34. The summed E-state index contributed by atoms with van der Waals surface area (Å²) in [5.41, 5.74) is 1.10. The van der Waals surface area contributed by atoms with Gasteiger partial charge in [-0.1, -0.05) is 6.92 Å². The minimum absolute atomic E-state index is 0.199. The normalized spacial score (nSPS) is 15.4. The zero-order valence-corrected chi connectivity index (χ0v) is 10.1. The number of hydrogen-bond donors (Lipinski definition) is 0. The van der Waals surface area contributed by atoms with Crippen LogP contribution in [-0.4, -0.2) is 10.4 Å². The van der Waals surface area contributed by atoms with E-state index in [9.17, 15) is 0 Å². The second kappa shape index (κ2) is 4.97. The lowest BCUT2D eigenvalue weighted by Gasteiger charge is -2.12. The first-order valence-electron chi connectivity index (χ1n) is 4.34. The number of rotatable bonds is 3. The molecule has 1 rings (SSSR count). The molecule has 0 aliphatic rings. The van der Waals surface area contributed by atoms with Crippen molar-refractivity contribution in [2.45, 2.75) is 25.6 Å². The summed E-state index contributed by atoms with van der Waals surface area (Å²) in [5.74, 6) is 0.468. The van der Waals surface area contributed by atoms with Crippen molar-refractivity contribution in [2.75, 3.05) is 0 Å². The van der Waals surface area contributed by atoms with Gasteiger partial charge in [0.05, 0.1) is 0 Å². The molecule has 0 fully saturated rings. The highest BCUT2D eigenvalue weighted by molar-refractivity contribution is 9.10. The fourth-order valence-electron chi connectivity index (χ4n) is 1.02. The van der Waals surface area contributed by atoms with Crippen LogP contribution in [0.2, 0.25) is 0 Å². The van der Waals surface area contributed by atoms with E-state index >= 15 is 0 Å². The molecule has 0 spiro atoms. The van der Waals surface area contributed by atoms with E-state index in [-0.39, 0.29) is 5.38 Å². The highest BCUT2D eigenvalue weighted by atomic mass is 79.9. The number of hydrogen-bond acceptors (Lipinski definition) is 1. The van der Waals surface area contributed by atoms with Crippen molar-refractivity contribution in [1.82, 2.24) is 4.98 Å². The van der Waals surface area contributed by atoms with Crippen LogP contribution in [0.3, 0.4) is 0 Å². The van der Waals surface area contributed by atoms with E-state index in [1.807, 2.05) is 25.3 Å². The van der Waals surface area contributed by atoms with Crippen molar-refractivity contribution in [3.05, 3.63) is 28.5 Å². The number of aromatic nitrogens is 1. The van der Waals surface area contributed by atoms with Crippen molar-refractivity contribution < 1.29 is 0 Å². The molecule has 0 aromatic carbocycles. The zero-order valence-electron chi connectivity index (χ0n) is 7.80. The van der Waals surface area contributed by atoms with Crippen LogP contribution in [0.5, 0.6) is 0 Å². The fraction of sp³-hybridized carbons (Fsp3) is 0.500. The highest BCUT2D eigenvalue weighted by Gasteiger charge is 2.10. The molecule has 0 aliphatic carbocycles. The van der Waals surface area contributed by atoms with Gasteiger partial charge >= 0.3 is 0 Å². The third-order valence-electron chi connectivity index (χ3n) is 2.10. The van der Waals surface area contributed by atoms with Crippen LogP contribution < -0.4 is 0 Å². The lowest BCUT2D eigenvalue weighted by atomic mass is 10.0. The summed E-state index contributed by atoms with van der Waals surface area (Å²) in [6.07, 6.45) is 2.76. The van der Waals surface area contributed by atoms with Crippen molar-refractivity contribution in [2.24, 2.45) is 5.92 Å². The lowest BCUT2D eigenvalue weighted by molar-refractivity contribution is 0.560. The van der Waals surface area contributed by atoms with E-state index in [1.54, 1.807) is 0 Å². The first-order chi connectivity index (χ1) is 6.09. The second-order valence-electron chi connectivity index (χ2n) is 3.33. The van der Waals surface area contributed by atoms with Crippen LogP contribution >= 0.6 is 27.5 Å². The summed E-state index contributed by atoms with van der Waals surface area (Å²) in [5, 5.41) is 0.199. The maximum absolute atomic E-state index is 5.97. The van der Waals surface area contributed by atoms with Crippen molar-refractivity contribution in [3.63, 3.8) is 0 Å². The first kappa shape index (κ1) is 11.0. The second-order valence-corrected chi connectivity index (χ2v) is 4.93. The van der Waals surface area contributed by atoms with Crippen molar-refractivity contribution >= 4 is 27.5 Å². The predicted molar refractivity (Wildman–Crippen MR) is 60.1 cm³/mol. The summed E-state index contributed by atoms with van der Waals surface area (Å²) in [7, 11) is 0. The third-order valence-corrected chi connectivity index (χ3v) is 3.00. The maximum atomic E-state index is 5.97. The molecule has 0 bridgehead atoms. The van der Waals surface area contributed by atoms with Gasteiger partial charge in [-0.05, 0) is 47.3 Å². The molecule has 2 atom stereocenters. The standard InChI is InChI=1S/C10H13BrClN/c1-7(8(2)12)5-10-4-3-9(11)6-13-10/h3-4,6-8H,5H2,1-2H3. The van der Waals surface area contributed by atoms with E-state index in [0.717, 1.165) is 16.6 Å². The van der Waals surface area contributed by atoms with Crippen LogP contribution in [0.4, 0.5) is 0 Å². The van der Waals surface area contributed by atoms with E-state index in [0.29, 0.717) is 5.92 Å². The van der Waals surface area contributed by atoms with Crippen LogP contribution in [0, 0.1) is 5.92 Å². The number of pyridine rings is 1.